The number of carbonyl (C=O) groups is 1. The molecule has 35 heavy (non-hydrogen) atoms. The van der Waals surface area contributed by atoms with Crippen LogP contribution >= 0.6 is 0 Å². The number of carbonyl (C=O) groups excluding carboxylic acids is 1. The van der Waals surface area contributed by atoms with Gasteiger partial charge in [0.25, 0.3) is 5.91 Å². The van der Waals surface area contributed by atoms with Crippen molar-refractivity contribution in [3.05, 3.63) is 78.8 Å². The van der Waals surface area contributed by atoms with Crippen molar-refractivity contribution in [2.45, 2.75) is 9.92 Å². The first kappa shape index (κ1) is 21.3. The minimum atomic E-state index is -3.92. The molecule has 11 heteroatoms. The molecular formula is C24H20N6O4S. The highest BCUT2D eigenvalue weighted by Gasteiger charge is 2.29. The van der Waals surface area contributed by atoms with E-state index in [1.165, 1.54) is 22.9 Å². The predicted molar refractivity (Wildman–Crippen MR) is 127 cm³/mol. The zero-order chi connectivity index (χ0) is 24.0. The number of sulfone groups is 1. The molecule has 0 spiro atoms. The predicted octanol–water partition coefficient (Wildman–Crippen LogP) is 2.67. The molecule has 3 aromatic heterocycles. The minimum Gasteiger partial charge on any atom is -0.459 e. The van der Waals surface area contributed by atoms with Crippen LogP contribution in [0.4, 0.5) is 5.82 Å². The molecule has 0 N–H and O–H groups in total. The summed E-state index contributed by atoms with van der Waals surface area (Å²) in [6.45, 7) is 2.02. The van der Waals surface area contributed by atoms with Gasteiger partial charge >= 0.3 is 0 Å². The highest BCUT2D eigenvalue weighted by Crippen LogP contribution is 2.30. The van der Waals surface area contributed by atoms with Crippen LogP contribution in [0.3, 0.4) is 0 Å². The van der Waals surface area contributed by atoms with Crippen LogP contribution in [0, 0.1) is 0 Å². The van der Waals surface area contributed by atoms with Gasteiger partial charge in [-0.1, -0.05) is 35.5 Å². The fourth-order valence-corrected chi connectivity index (χ4v) is 5.59. The smallest absolute Gasteiger partial charge is 0.289 e. The Morgan fingerprint density at radius 2 is 1.63 bits per heavy atom. The number of nitrogens with zero attached hydrogens (tertiary/aromatic N) is 6. The normalized spacial score (nSPS) is 14.6. The Balaban J connectivity index is 1.41. The second-order valence-corrected chi connectivity index (χ2v) is 10.0. The first-order valence-electron chi connectivity index (χ1n) is 11.1. The van der Waals surface area contributed by atoms with Crippen molar-refractivity contribution in [3.63, 3.8) is 0 Å². The van der Waals surface area contributed by atoms with Crippen LogP contribution in [0.2, 0.25) is 0 Å². The SMILES string of the molecule is O=C(c1ccco1)N1CCN(c2nc3c(S(=O)(=O)c4ccccc4)nnn3c3ccccc23)CC1. The van der Waals surface area contributed by atoms with E-state index < -0.39 is 9.84 Å². The molecule has 1 aliphatic heterocycles. The van der Waals surface area contributed by atoms with Crippen molar-refractivity contribution in [1.82, 2.24) is 24.7 Å². The summed E-state index contributed by atoms with van der Waals surface area (Å²) in [7, 11) is -3.92. The number of rotatable bonds is 4. The number of piperazine rings is 1. The van der Waals surface area contributed by atoms with Crippen molar-refractivity contribution >= 4 is 38.1 Å². The molecule has 1 saturated heterocycles. The third-order valence-corrected chi connectivity index (χ3v) is 7.77. The number of fused-ring (bicyclic) bond motifs is 3. The van der Waals surface area contributed by atoms with E-state index in [0.717, 1.165) is 5.39 Å². The fourth-order valence-electron chi connectivity index (χ4n) is 4.33. The minimum absolute atomic E-state index is 0.129. The Morgan fingerprint density at radius 3 is 2.37 bits per heavy atom. The van der Waals surface area contributed by atoms with Crippen molar-refractivity contribution in [2.24, 2.45) is 0 Å². The largest absolute Gasteiger partial charge is 0.459 e. The summed E-state index contributed by atoms with van der Waals surface area (Å²) >= 11 is 0. The van der Waals surface area contributed by atoms with E-state index in [4.69, 9.17) is 9.40 Å². The van der Waals surface area contributed by atoms with Crippen molar-refractivity contribution in [1.29, 1.82) is 0 Å². The second kappa shape index (κ2) is 8.20. The highest BCUT2D eigenvalue weighted by molar-refractivity contribution is 7.91. The molecule has 0 radical (unpaired) electrons. The first-order chi connectivity index (χ1) is 17.0. The van der Waals surface area contributed by atoms with Gasteiger partial charge in [-0.05, 0) is 36.4 Å². The Kier molecular flexibility index (Phi) is 4.99. The van der Waals surface area contributed by atoms with Crippen LogP contribution in [-0.2, 0) is 9.84 Å². The number of aromatic nitrogens is 4. The molecule has 0 bridgehead atoms. The average Bonchev–Trinajstić information content (AvgIpc) is 3.59. The van der Waals surface area contributed by atoms with Gasteiger partial charge < -0.3 is 14.2 Å². The van der Waals surface area contributed by atoms with Gasteiger partial charge in [-0.25, -0.2) is 13.4 Å². The van der Waals surface area contributed by atoms with Gasteiger partial charge in [0, 0.05) is 31.6 Å². The van der Waals surface area contributed by atoms with Crippen molar-refractivity contribution in [2.75, 3.05) is 31.1 Å². The molecule has 4 heterocycles. The molecule has 0 unspecified atom stereocenters. The molecule has 0 atom stereocenters. The van der Waals surface area contributed by atoms with E-state index in [1.54, 1.807) is 35.2 Å². The van der Waals surface area contributed by atoms with Crippen LogP contribution in [0.1, 0.15) is 10.6 Å². The Morgan fingerprint density at radius 1 is 0.886 bits per heavy atom. The number of hydrogen-bond acceptors (Lipinski definition) is 8. The lowest BCUT2D eigenvalue weighted by atomic mass is 10.2. The van der Waals surface area contributed by atoms with Gasteiger partial charge in [-0.3, -0.25) is 4.79 Å². The Hall–Kier alpha value is -4.25. The van der Waals surface area contributed by atoms with Gasteiger partial charge in [0.2, 0.25) is 14.9 Å². The van der Waals surface area contributed by atoms with Crippen molar-refractivity contribution < 1.29 is 17.6 Å². The lowest BCUT2D eigenvalue weighted by Crippen LogP contribution is -2.49. The summed E-state index contributed by atoms with van der Waals surface area (Å²) in [5, 5.41) is 8.78. The van der Waals surface area contributed by atoms with Crippen LogP contribution < -0.4 is 4.90 Å². The summed E-state index contributed by atoms with van der Waals surface area (Å²) in [6, 6.07) is 19.0. The maximum atomic E-state index is 13.3. The number of para-hydroxylation sites is 1. The van der Waals surface area contributed by atoms with E-state index in [2.05, 4.69) is 15.2 Å². The van der Waals surface area contributed by atoms with Gasteiger partial charge in [0.05, 0.1) is 16.7 Å². The highest BCUT2D eigenvalue weighted by atomic mass is 32.2. The number of furan rings is 1. The maximum absolute atomic E-state index is 13.3. The van der Waals surface area contributed by atoms with Crippen LogP contribution in [0.15, 0.2) is 87.3 Å². The zero-order valence-corrected chi connectivity index (χ0v) is 19.3. The van der Waals surface area contributed by atoms with Gasteiger partial charge in [0.15, 0.2) is 11.4 Å². The van der Waals surface area contributed by atoms with E-state index >= 15 is 0 Å². The molecule has 176 valence electrons. The molecule has 6 rings (SSSR count). The molecule has 1 aliphatic rings. The number of benzene rings is 2. The summed E-state index contributed by atoms with van der Waals surface area (Å²) in [5.74, 6) is 0.786. The molecule has 1 fully saturated rings. The summed E-state index contributed by atoms with van der Waals surface area (Å²) < 4.78 is 33.4. The van der Waals surface area contributed by atoms with Crippen LogP contribution in [-0.4, -0.2) is 65.2 Å². The number of anilines is 1. The second-order valence-electron chi connectivity index (χ2n) is 8.16. The lowest BCUT2D eigenvalue weighted by Gasteiger charge is -2.35. The Labute approximate surface area is 200 Å². The fraction of sp³-hybridized carbons (Fsp3) is 0.167. The molecular weight excluding hydrogens is 468 g/mol. The van der Waals surface area contributed by atoms with E-state index in [-0.39, 0.29) is 21.5 Å². The van der Waals surface area contributed by atoms with Gasteiger partial charge in [-0.2, -0.15) is 4.52 Å². The Bertz CT molecular complexity index is 1640. The molecule has 10 nitrogen and oxygen atoms in total. The first-order valence-corrected chi connectivity index (χ1v) is 12.5. The monoisotopic (exact) mass is 488 g/mol. The summed E-state index contributed by atoms with van der Waals surface area (Å²) in [5.41, 5.74) is 0.861. The third kappa shape index (κ3) is 3.51. The lowest BCUT2D eigenvalue weighted by molar-refractivity contribution is 0.0714. The molecule has 1 amide bonds. The van der Waals surface area contributed by atoms with Crippen LogP contribution in [0.5, 0.6) is 0 Å². The molecule has 5 aromatic rings. The third-order valence-electron chi connectivity index (χ3n) is 6.11. The average molecular weight is 489 g/mol. The quantitative estimate of drug-likeness (QED) is 0.379. The zero-order valence-electron chi connectivity index (χ0n) is 18.5. The van der Waals surface area contributed by atoms with E-state index in [0.29, 0.717) is 43.3 Å². The number of hydrogen-bond donors (Lipinski definition) is 0. The summed E-state index contributed by atoms with van der Waals surface area (Å²) in [6.07, 6.45) is 1.48. The van der Waals surface area contributed by atoms with Gasteiger partial charge in [0.1, 0.15) is 5.82 Å². The summed E-state index contributed by atoms with van der Waals surface area (Å²) in [4.78, 5) is 21.3. The topological polar surface area (TPSA) is 114 Å². The van der Waals surface area contributed by atoms with E-state index in [9.17, 15) is 13.2 Å². The molecule has 0 aliphatic carbocycles. The van der Waals surface area contributed by atoms with Crippen LogP contribution in [0.25, 0.3) is 16.6 Å². The molecule has 2 aromatic carbocycles. The number of amides is 1. The standard InChI is InChI=1S/C24H20N6O4S/c31-24(20-11-6-16-34-20)29-14-12-28(13-15-29)21-18-9-4-5-10-19(18)30-22(25-21)23(26-27-30)35(32,33)17-7-2-1-3-8-17/h1-11,16H,12-15H2. The van der Waals surface area contributed by atoms with Gasteiger partial charge in [-0.15, -0.1) is 5.10 Å². The van der Waals surface area contributed by atoms with E-state index in [1.807, 2.05) is 24.3 Å². The maximum Gasteiger partial charge on any atom is 0.289 e. The molecule has 0 saturated carbocycles. The van der Waals surface area contributed by atoms with Crippen molar-refractivity contribution in [3.8, 4) is 0 Å².